The Labute approximate surface area is 245 Å². The molecule has 206 valence electrons. The summed E-state index contributed by atoms with van der Waals surface area (Å²) in [6, 6.07) is 43.6. The summed E-state index contributed by atoms with van der Waals surface area (Å²) in [5.41, 5.74) is 6.87. The van der Waals surface area contributed by atoms with E-state index in [-0.39, 0.29) is 0 Å². The summed E-state index contributed by atoms with van der Waals surface area (Å²) in [6.07, 6.45) is 0. The first kappa shape index (κ1) is 26.8. The highest BCUT2D eigenvalue weighted by Gasteiger charge is 2.23. The number of fused-ring (bicyclic) bond motifs is 1. The van der Waals surface area contributed by atoms with Crippen LogP contribution in [0.2, 0.25) is 0 Å². The molecule has 0 unspecified atom stereocenters. The van der Waals surface area contributed by atoms with Gasteiger partial charge in [-0.25, -0.2) is 9.78 Å². The summed E-state index contributed by atoms with van der Waals surface area (Å²) >= 11 is 0. The molecule has 6 rings (SSSR count). The molecule has 0 aliphatic rings. The number of aromatic nitrogens is 1. The average Bonchev–Trinajstić information content (AvgIpc) is 3.06. The van der Waals surface area contributed by atoms with Gasteiger partial charge in [0.25, 0.3) is 0 Å². The lowest BCUT2D eigenvalue weighted by molar-refractivity contribution is 0.0600. The van der Waals surface area contributed by atoms with Crippen molar-refractivity contribution < 1.29 is 19.0 Å². The van der Waals surface area contributed by atoms with Crippen molar-refractivity contribution in [2.75, 3.05) is 7.11 Å². The first-order valence-electron chi connectivity index (χ1n) is 13.8. The predicted octanol–water partition coefficient (Wildman–Crippen LogP) is 8.51. The lowest BCUT2D eigenvalue weighted by Gasteiger charge is -2.20. The van der Waals surface area contributed by atoms with Gasteiger partial charge in [0, 0.05) is 0 Å². The van der Waals surface area contributed by atoms with Crippen molar-refractivity contribution in [2.45, 2.75) is 13.2 Å². The first-order valence-corrected chi connectivity index (χ1v) is 13.8. The third-order valence-corrected chi connectivity index (χ3v) is 7.06. The van der Waals surface area contributed by atoms with E-state index in [9.17, 15) is 4.79 Å². The molecule has 42 heavy (non-hydrogen) atoms. The molecule has 0 fully saturated rings. The lowest BCUT2D eigenvalue weighted by Crippen LogP contribution is -2.05. The lowest BCUT2D eigenvalue weighted by atomic mass is 9.95. The molecule has 0 spiro atoms. The number of carbonyl (C=O) groups is 1. The molecule has 0 amide bonds. The molecule has 0 saturated heterocycles. The van der Waals surface area contributed by atoms with Gasteiger partial charge in [-0.2, -0.15) is 0 Å². The maximum atomic E-state index is 12.2. The average molecular weight is 552 g/mol. The van der Waals surface area contributed by atoms with Gasteiger partial charge in [0.1, 0.15) is 19.0 Å². The maximum Gasteiger partial charge on any atom is 0.337 e. The minimum Gasteiger partial charge on any atom is -0.487 e. The van der Waals surface area contributed by atoms with E-state index in [1.165, 1.54) is 7.11 Å². The minimum atomic E-state index is -0.398. The van der Waals surface area contributed by atoms with Crippen LogP contribution >= 0.6 is 0 Å². The molecule has 0 aliphatic carbocycles. The second kappa shape index (κ2) is 12.4. The van der Waals surface area contributed by atoms with Crippen molar-refractivity contribution in [1.29, 1.82) is 0 Å². The number of esters is 1. The molecule has 5 nitrogen and oxygen atoms in total. The Morgan fingerprint density at radius 2 is 1.21 bits per heavy atom. The zero-order chi connectivity index (χ0) is 28.7. The fraction of sp³-hybridized carbons (Fsp3) is 0.0811. The van der Waals surface area contributed by atoms with Gasteiger partial charge in [-0.3, -0.25) is 0 Å². The van der Waals surface area contributed by atoms with E-state index in [0.717, 1.165) is 38.7 Å². The van der Waals surface area contributed by atoms with Crippen molar-refractivity contribution in [3.8, 4) is 33.9 Å². The van der Waals surface area contributed by atoms with Gasteiger partial charge in [0.15, 0.2) is 0 Å². The van der Waals surface area contributed by atoms with Crippen molar-refractivity contribution >= 4 is 16.9 Å². The number of rotatable bonds is 9. The highest BCUT2D eigenvalue weighted by atomic mass is 16.5. The van der Waals surface area contributed by atoms with E-state index in [2.05, 4.69) is 18.2 Å². The van der Waals surface area contributed by atoms with Crippen LogP contribution in [0.25, 0.3) is 33.2 Å². The van der Waals surface area contributed by atoms with E-state index in [4.69, 9.17) is 19.2 Å². The monoisotopic (exact) mass is 551 g/mol. The van der Waals surface area contributed by atoms with E-state index >= 15 is 0 Å². The molecule has 1 heterocycles. The third kappa shape index (κ3) is 5.72. The number of nitrogens with zero attached hydrogens (tertiary/aromatic N) is 1. The molecular formula is C37H29NO4. The molecule has 1 aromatic heterocycles. The zero-order valence-corrected chi connectivity index (χ0v) is 23.2. The number of pyridine rings is 1. The number of hydrogen-bond donors (Lipinski definition) is 0. The molecule has 0 aliphatic heterocycles. The van der Waals surface area contributed by atoms with Crippen LogP contribution in [-0.4, -0.2) is 18.1 Å². The summed E-state index contributed by atoms with van der Waals surface area (Å²) in [5, 5.41) is 0.888. The van der Waals surface area contributed by atoms with Crippen molar-refractivity contribution in [1.82, 2.24) is 4.98 Å². The van der Waals surface area contributed by atoms with Gasteiger partial charge in [-0.05, 0) is 46.0 Å². The number of methoxy groups -OCH3 is 1. The van der Waals surface area contributed by atoms with Crippen LogP contribution < -0.4 is 9.47 Å². The Morgan fingerprint density at radius 3 is 1.83 bits per heavy atom. The van der Waals surface area contributed by atoms with Crippen molar-refractivity contribution in [3.05, 3.63) is 150 Å². The number of hydrogen-bond acceptors (Lipinski definition) is 5. The van der Waals surface area contributed by atoms with Crippen molar-refractivity contribution in [2.24, 2.45) is 0 Å². The second-order valence-corrected chi connectivity index (χ2v) is 9.80. The van der Waals surface area contributed by atoms with E-state index in [1.54, 1.807) is 12.1 Å². The second-order valence-electron chi connectivity index (χ2n) is 9.80. The summed E-state index contributed by atoms with van der Waals surface area (Å²) in [5.74, 6) is 0.716. The Morgan fingerprint density at radius 1 is 0.619 bits per heavy atom. The van der Waals surface area contributed by atoms with Gasteiger partial charge in [-0.1, -0.05) is 115 Å². The standard InChI is InChI=1S/C37H29NO4/c1-40-37(39)30-22-20-29(21-23-30)33-35(41-24-26-12-5-2-6-13-26)34-31(28-16-9-4-10-17-28)18-11-19-32(34)38-36(33)42-25-27-14-7-3-8-15-27/h2-23H,24-25H2,1H3. The van der Waals surface area contributed by atoms with Crippen LogP contribution in [0.1, 0.15) is 21.5 Å². The number of carbonyl (C=O) groups excluding carboxylic acids is 1. The van der Waals surface area contributed by atoms with E-state index in [1.807, 2.05) is 103 Å². The van der Waals surface area contributed by atoms with Gasteiger partial charge in [0.2, 0.25) is 5.88 Å². The summed E-state index contributed by atoms with van der Waals surface area (Å²) in [6.45, 7) is 0.692. The van der Waals surface area contributed by atoms with Crippen molar-refractivity contribution in [3.63, 3.8) is 0 Å². The molecule has 0 bridgehead atoms. The third-order valence-electron chi connectivity index (χ3n) is 7.06. The highest BCUT2D eigenvalue weighted by molar-refractivity contribution is 6.04. The molecule has 0 atom stereocenters. The topological polar surface area (TPSA) is 57.7 Å². The molecular weight excluding hydrogens is 522 g/mol. The molecule has 0 N–H and O–H groups in total. The zero-order valence-electron chi connectivity index (χ0n) is 23.2. The van der Waals surface area contributed by atoms with Crippen LogP contribution in [0.4, 0.5) is 0 Å². The van der Waals surface area contributed by atoms with Gasteiger partial charge < -0.3 is 14.2 Å². The highest BCUT2D eigenvalue weighted by Crippen LogP contribution is 2.46. The summed E-state index contributed by atoms with van der Waals surface area (Å²) in [7, 11) is 1.37. The van der Waals surface area contributed by atoms with E-state index in [0.29, 0.717) is 36.0 Å². The van der Waals surface area contributed by atoms with Crippen LogP contribution in [0.5, 0.6) is 11.6 Å². The Bertz CT molecular complexity index is 1800. The normalized spacial score (nSPS) is 10.8. The number of ether oxygens (including phenoxy) is 3. The Hall–Kier alpha value is -5.42. The predicted molar refractivity (Wildman–Crippen MR) is 166 cm³/mol. The summed E-state index contributed by atoms with van der Waals surface area (Å²) < 4.78 is 18.1. The SMILES string of the molecule is COC(=O)c1ccc(-c2c(OCc3ccccc3)nc3cccc(-c4ccccc4)c3c2OCc2ccccc2)cc1. The maximum absolute atomic E-state index is 12.2. The van der Waals surface area contributed by atoms with Gasteiger partial charge >= 0.3 is 5.97 Å². The molecule has 5 aromatic carbocycles. The van der Waals surface area contributed by atoms with Crippen LogP contribution in [0, 0.1) is 0 Å². The minimum absolute atomic E-state index is 0.336. The largest absolute Gasteiger partial charge is 0.487 e. The quantitative estimate of drug-likeness (QED) is 0.169. The molecule has 0 radical (unpaired) electrons. The number of benzene rings is 5. The van der Waals surface area contributed by atoms with Gasteiger partial charge in [-0.15, -0.1) is 0 Å². The fourth-order valence-corrected chi connectivity index (χ4v) is 4.97. The first-order chi connectivity index (χ1) is 20.7. The van der Waals surface area contributed by atoms with E-state index < -0.39 is 5.97 Å². The van der Waals surface area contributed by atoms with Crippen LogP contribution in [-0.2, 0) is 18.0 Å². The van der Waals surface area contributed by atoms with Crippen LogP contribution in [0.3, 0.4) is 0 Å². The van der Waals surface area contributed by atoms with Gasteiger partial charge in [0.05, 0.1) is 29.1 Å². The fourth-order valence-electron chi connectivity index (χ4n) is 4.97. The summed E-state index contributed by atoms with van der Waals surface area (Å²) in [4.78, 5) is 17.3. The molecule has 0 saturated carbocycles. The molecule has 6 aromatic rings. The van der Waals surface area contributed by atoms with Crippen LogP contribution in [0.15, 0.2) is 133 Å². The smallest absolute Gasteiger partial charge is 0.337 e. The Balaban J connectivity index is 1.58. The molecule has 5 heteroatoms. The Kier molecular flexibility index (Phi) is 7.91.